The molecule has 13 heteroatoms. The number of anilines is 2. The van der Waals surface area contributed by atoms with Gasteiger partial charge in [-0.1, -0.05) is 47.5 Å². The van der Waals surface area contributed by atoms with Gasteiger partial charge >= 0.3 is 0 Å². The first-order valence-electron chi connectivity index (χ1n) is 13.2. The summed E-state index contributed by atoms with van der Waals surface area (Å²) >= 11 is 13.4. The van der Waals surface area contributed by atoms with E-state index >= 15 is 0 Å². The topological polar surface area (TPSA) is 167 Å². The fraction of sp³-hybridized carbons (Fsp3) is 0.233. The van der Waals surface area contributed by atoms with Gasteiger partial charge in [-0.15, -0.1) is 11.8 Å². The van der Waals surface area contributed by atoms with E-state index in [2.05, 4.69) is 21.3 Å². The molecule has 2 amide bonds. The SMILES string of the molecule is N#CC1=C(c2cccc(NCC[C@@H](O)C(O)CO)c2)NC(SCc2cccc(NC(=O)c3ccc(Cl)c(Cl)c3)c2)NC1=O. The highest BCUT2D eigenvalue weighted by molar-refractivity contribution is 7.99. The molecular weight excluding hydrogens is 613 g/mol. The van der Waals surface area contributed by atoms with Crippen LogP contribution in [0, 0.1) is 11.3 Å². The summed E-state index contributed by atoms with van der Waals surface area (Å²) in [5.74, 6) is -0.359. The number of thioether (sulfide) groups is 1. The van der Waals surface area contributed by atoms with Crippen molar-refractivity contribution in [1.82, 2.24) is 10.6 Å². The number of rotatable bonds is 12. The normalized spacial score (nSPS) is 16.0. The van der Waals surface area contributed by atoms with Gasteiger partial charge in [0.05, 0.1) is 28.5 Å². The summed E-state index contributed by atoms with van der Waals surface area (Å²) in [5.41, 5.74) is 2.94. The predicted octanol–water partition coefficient (Wildman–Crippen LogP) is 3.93. The summed E-state index contributed by atoms with van der Waals surface area (Å²) in [6.45, 7) is -0.206. The van der Waals surface area contributed by atoms with Gasteiger partial charge in [-0.25, -0.2) is 0 Å². The van der Waals surface area contributed by atoms with Crippen LogP contribution < -0.4 is 21.3 Å². The van der Waals surface area contributed by atoms with Crippen LogP contribution in [-0.2, 0) is 10.5 Å². The first-order valence-corrected chi connectivity index (χ1v) is 15.0. The minimum absolute atomic E-state index is 0.0532. The molecular formula is C30H29Cl2N5O5S. The summed E-state index contributed by atoms with van der Waals surface area (Å²) in [6.07, 6.45) is -2.08. The zero-order valence-electron chi connectivity index (χ0n) is 22.7. The molecule has 3 aromatic rings. The largest absolute Gasteiger partial charge is 0.394 e. The minimum atomic E-state index is -1.22. The number of aliphatic hydroxyl groups excluding tert-OH is 3. The van der Waals surface area contributed by atoms with Crippen molar-refractivity contribution in [2.24, 2.45) is 0 Å². The first-order chi connectivity index (χ1) is 20.7. The van der Waals surface area contributed by atoms with Crippen LogP contribution in [-0.4, -0.2) is 58.0 Å². The van der Waals surface area contributed by atoms with E-state index in [0.717, 1.165) is 5.56 Å². The second-order valence-electron chi connectivity index (χ2n) is 9.57. The van der Waals surface area contributed by atoms with Crippen LogP contribution in [0.1, 0.15) is 27.9 Å². The molecule has 43 heavy (non-hydrogen) atoms. The number of hydrogen-bond acceptors (Lipinski definition) is 9. The second kappa shape index (κ2) is 15.1. The number of nitrogens with one attached hydrogen (secondary N) is 4. The Balaban J connectivity index is 1.39. The number of hydrogen-bond donors (Lipinski definition) is 7. The molecule has 0 radical (unpaired) electrons. The highest BCUT2D eigenvalue weighted by atomic mass is 35.5. The van der Waals surface area contributed by atoms with E-state index in [-0.39, 0.29) is 22.9 Å². The zero-order valence-corrected chi connectivity index (χ0v) is 25.0. The Bertz CT molecular complexity index is 1560. The third-order valence-corrected chi connectivity index (χ3v) is 8.27. The van der Waals surface area contributed by atoms with Crippen molar-refractivity contribution in [3.63, 3.8) is 0 Å². The van der Waals surface area contributed by atoms with Gasteiger partial charge in [0, 0.05) is 34.8 Å². The Morgan fingerprint density at radius 2 is 1.77 bits per heavy atom. The molecule has 0 fully saturated rings. The molecule has 3 atom stereocenters. The number of carbonyl (C=O) groups is 2. The van der Waals surface area contributed by atoms with Crippen LogP contribution >= 0.6 is 35.0 Å². The van der Waals surface area contributed by atoms with E-state index in [1.807, 2.05) is 24.3 Å². The van der Waals surface area contributed by atoms with E-state index in [9.17, 15) is 25.1 Å². The van der Waals surface area contributed by atoms with Gasteiger partial charge in [0.25, 0.3) is 11.8 Å². The molecule has 0 aliphatic carbocycles. The molecule has 4 rings (SSSR count). The number of nitrogens with zero attached hydrogens (tertiary/aromatic N) is 1. The van der Waals surface area contributed by atoms with Crippen molar-refractivity contribution < 1.29 is 24.9 Å². The Morgan fingerprint density at radius 1 is 1.00 bits per heavy atom. The van der Waals surface area contributed by atoms with Crippen molar-refractivity contribution >= 4 is 63.8 Å². The van der Waals surface area contributed by atoms with Crippen LogP contribution in [0.25, 0.3) is 5.70 Å². The van der Waals surface area contributed by atoms with Crippen LogP contribution in [0.5, 0.6) is 0 Å². The van der Waals surface area contributed by atoms with E-state index in [1.165, 1.54) is 17.8 Å². The molecule has 0 saturated carbocycles. The number of halogens is 2. The molecule has 0 bridgehead atoms. The van der Waals surface area contributed by atoms with Crippen molar-refractivity contribution in [2.75, 3.05) is 23.8 Å². The Labute approximate surface area is 262 Å². The molecule has 10 nitrogen and oxygen atoms in total. The standard InChI is InChI=1S/C30H29Cl2N5O5S/c31-23-8-7-19(13-24(23)32)28(41)35-21-6-1-3-17(11-21)16-43-30-36-27(22(14-33)29(42)37-30)18-4-2-5-20(12-18)34-10-9-25(39)26(40)15-38/h1-8,11-13,25-26,30,34,36,38-40H,9-10,15-16H2,(H,35,41)(H,37,42)/t25-,26?,30?/m1/s1. The number of benzene rings is 3. The monoisotopic (exact) mass is 641 g/mol. The van der Waals surface area contributed by atoms with E-state index in [4.69, 9.17) is 28.3 Å². The molecule has 0 saturated heterocycles. The predicted molar refractivity (Wildman–Crippen MR) is 168 cm³/mol. The lowest BCUT2D eigenvalue weighted by atomic mass is 10.0. The second-order valence-corrected chi connectivity index (χ2v) is 11.5. The lowest BCUT2D eigenvalue weighted by molar-refractivity contribution is -0.117. The van der Waals surface area contributed by atoms with Gasteiger partial charge < -0.3 is 36.6 Å². The molecule has 1 aliphatic rings. The number of amides is 2. The average Bonchev–Trinajstić information content (AvgIpc) is 3.01. The smallest absolute Gasteiger partial charge is 0.266 e. The number of carbonyl (C=O) groups excluding carboxylic acids is 2. The summed E-state index contributed by atoms with van der Waals surface area (Å²) in [6, 6.07) is 21.0. The fourth-order valence-corrected chi connectivity index (χ4v) is 5.41. The van der Waals surface area contributed by atoms with E-state index in [0.29, 0.717) is 45.5 Å². The van der Waals surface area contributed by atoms with Gasteiger partial charge in [0.15, 0.2) is 0 Å². The van der Waals surface area contributed by atoms with Crippen molar-refractivity contribution in [3.8, 4) is 6.07 Å². The summed E-state index contributed by atoms with van der Waals surface area (Å²) in [5, 5.41) is 50.7. The van der Waals surface area contributed by atoms with Crippen LogP contribution in [0.15, 0.2) is 72.3 Å². The zero-order chi connectivity index (χ0) is 30.9. The molecule has 2 unspecified atom stereocenters. The summed E-state index contributed by atoms with van der Waals surface area (Å²) in [7, 11) is 0. The third kappa shape index (κ3) is 8.64. The van der Waals surface area contributed by atoms with E-state index in [1.54, 1.807) is 42.5 Å². The molecule has 0 spiro atoms. The summed E-state index contributed by atoms with van der Waals surface area (Å²) < 4.78 is 0. The Morgan fingerprint density at radius 3 is 2.51 bits per heavy atom. The molecule has 3 aromatic carbocycles. The van der Waals surface area contributed by atoms with E-state index < -0.39 is 30.2 Å². The average molecular weight is 643 g/mol. The lowest BCUT2D eigenvalue weighted by Gasteiger charge is -2.28. The number of aliphatic hydroxyl groups is 3. The maximum Gasteiger partial charge on any atom is 0.266 e. The Hall–Kier alpha value is -3.76. The fourth-order valence-electron chi connectivity index (χ4n) is 4.18. The first kappa shape index (κ1) is 32.2. The van der Waals surface area contributed by atoms with Crippen molar-refractivity contribution in [2.45, 2.75) is 29.9 Å². The lowest BCUT2D eigenvalue weighted by Crippen LogP contribution is -2.47. The molecule has 0 aromatic heterocycles. The highest BCUT2D eigenvalue weighted by Crippen LogP contribution is 2.28. The molecule has 1 heterocycles. The van der Waals surface area contributed by atoms with Crippen LogP contribution in [0.4, 0.5) is 11.4 Å². The number of nitriles is 1. The van der Waals surface area contributed by atoms with Gasteiger partial charge in [-0.3, -0.25) is 9.59 Å². The molecule has 7 N–H and O–H groups in total. The van der Waals surface area contributed by atoms with Gasteiger partial charge in [0.1, 0.15) is 23.2 Å². The van der Waals surface area contributed by atoms with Crippen LogP contribution in [0.2, 0.25) is 10.0 Å². The maximum atomic E-state index is 12.8. The van der Waals surface area contributed by atoms with Gasteiger partial charge in [-0.2, -0.15) is 5.26 Å². The van der Waals surface area contributed by atoms with Gasteiger partial charge in [0.2, 0.25) is 0 Å². The molecule has 1 aliphatic heterocycles. The quantitative estimate of drug-likeness (QED) is 0.155. The Kier molecular flexibility index (Phi) is 11.3. The summed E-state index contributed by atoms with van der Waals surface area (Å²) in [4.78, 5) is 25.5. The maximum absolute atomic E-state index is 12.8. The van der Waals surface area contributed by atoms with Crippen molar-refractivity contribution in [1.29, 1.82) is 5.26 Å². The third-order valence-electron chi connectivity index (χ3n) is 6.46. The van der Waals surface area contributed by atoms with Gasteiger partial charge in [-0.05, 0) is 54.4 Å². The minimum Gasteiger partial charge on any atom is -0.394 e. The molecule has 224 valence electrons. The van der Waals surface area contributed by atoms with Crippen LogP contribution in [0.3, 0.4) is 0 Å². The van der Waals surface area contributed by atoms with Crippen molar-refractivity contribution in [3.05, 3.63) is 99.0 Å². The highest BCUT2D eigenvalue weighted by Gasteiger charge is 2.27.